The Kier molecular flexibility index (Phi) is 7.67. The Hall–Kier alpha value is -0.940. The Labute approximate surface area is 115 Å². The molecule has 2 N–H and O–H groups in total. The van der Waals surface area contributed by atoms with Crippen molar-refractivity contribution in [2.45, 2.75) is 13.0 Å². The highest BCUT2D eigenvalue weighted by Gasteiger charge is 2.19. The number of hydrogen-bond donors (Lipinski definition) is 2. The maximum atomic E-state index is 10.3. The molecule has 0 amide bonds. The van der Waals surface area contributed by atoms with Crippen molar-refractivity contribution in [2.24, 2.45) is 5.92 Å². The summed E-state index contributed by atoms with van der Waals surface area (Å²) in [5, 5.41) is 19.4. The molecule has 4 nitrogen and oxygen atoms in total. The first-order valence-electron chi connectivity index (χ1n) is 6.74. The summed E-state index contributed by atoms with van der Waals surface area (Å²) >= 11 is 0. The largest absolute Gasteiger partial charge is 0.395 e. The van der Waals surface area contributed by atoms with Gasteiger partial charge in [0.05, 0.1) is 19.3 Å². The number of aliphatic hydroxyl groups is 2. The lowest BCUT2D eigenvalue weighted by atomic mass is 9.97. The molecule has 108 valence electrons. The average molecular weight is 267 g/mol. The predicted molar refractivity (Wildman–Crippen MR) is 76.0 cm³/mol. The second kappa shape index (κ2) is 9.04. The number of rotatable bonds is 9. The lowest BCUT2D eigenvalue weighted by Crippen LogP contribution is -2.35. The molecule has 19 heavy (non-hydrogen) atoms. The summed E-state index contributed by atoms with van der Waals surface area (Å²) in [5.74, 6) is 0.103. The van der Waals surface area contributed by atoms with E-state index in [0.29, 0.717) is 13.2 Å². The molecule has 0 heterocycles. The first-order valence-corrected chi connectivity index (χ1v) is 6.74. The fraction of sp³-hybridized carbons (Fsp3) is 0.600. The van der Waals surface area contributed by atoms with E-state index in [4.69, 9.17) is 9.84 Å². The van der Waals surface area contributed by atoms with E-state index < -0.39 is 6.10 Å². The molecule has 1 aromatic rings. The highest BCUT2D eigenvalue weighted by molar-refractivity contribution is 5.17. The van der Waals surface area contributed by atoms with Crippen LogP contribution in [0.15, 0.2) is 30.3 Å². The molecule has 1 aromatic carbocycles. The first kappa shape index (κ1) is 16.1. The molecule has 1 rings (SSSR count). The zero-order valence-corrected chi connectivity index (χ0v) is 11.8. The standard InChI is InChI=1S/C15H25NO3/c1-13(12-16(8-10-17)9-11-19-2)15(18)14-6-4-3-5-7-14/h3-7,13,15,17-18H,8-12H2,1-2H3. The Morgan fingerprint density at radius 1 is 1.21 bits per heavy atom. The van der Waals surface area contributed by atoms with Crippen LogP contribution in [0.25, 0.3) is 0 Å². The van der Waals surface area contributed by atoms with E-state index in [0.717, 1.165) is 18.7 Å². The summed E-state index contributed by atoms with van der Waals surface area (Å²) < 4.78 is 5.06. The number of benzene rings is 1. The van der Waals surface area contributed by atoms with Crippen LogP contribution in [0, 0.1) is 5.92 Å². The first-order chi connectivity index (χ1) is 9.19. The summed E-state index contributed by atoms with van der Waals surface area (Å²) in [6, 6.07) is 9.68. The zero-order valence-electron chi connectivity index (χ0n) is 11.8. The van der Waals surface area contributed by atoms with E-state index in [1.807, 2.05) is 37.3 Å². The minimum absolute atomic E-state index is 0.103. The Morgan fingerprint density at radius 3 is 2.47 bits per heavy atom. The smallest absolute Gasteiger partial charge is 0.0827 e. The fourth-order valence-corrected chi connectivity index (χ4v) is 2.14. The number of hydrogen-bond acceptors (Lipinski definition) is 4. The van der Waals surface area contributed by atoms with Gasteiger partial charge in [-0.05, 0) is 11.5 Å². The molecule has 0 saturated carbocycles. The summed E-state index contributed by atoms with van der Waals surface area (Å²) in [6.07, 6.45) is -0.482. The number of aliphatic hydroxyl groups excluding tert-OH is 2. The van der Waals surface area contributed by atoms with Gasteiger partial charge in [0, 0.05) is 26.7 Å². The Bertz CT molecular complexity index is 331. The van der Waals surface area contributed by atoms with Gasteiger partial charge >= 0.3 is 0 Å². The van der Waals surface area contributed by atoms with Crippen LogP contribution in [0.4, 0.5) is 0 Å². The third-order valence-corrected chi connectivity index (χ3v) is 3.25. The quantitative estimate of drug-likeness (QED) is 0.708. The van der Waals surface area contributed by atoms with Gasteiger partial charge in [0.25, 0.3) is 0 Å². The molecule has 0 radical (unpaired) electrons. The van der Waals surface area contributed by atoms with Crippen molar-refractivity contribution in [1.29, 1.82) is 0 Å². The second-order valence-corrected chi connectivity index (χ2v) is 4.85. The van der Waals surface area contributed by atoms with Crippen molar-refractivity contribution in [3.8, 4) is 0 Å². The van der Waals surface area contributed by atoms with E-state index in [1.165, 1.54) is 0 Å². The van der Waals surface area contributed by atoms with Crippen LogP contribution in [-0.2, 0) is 4.74 Å². The van der Waals surface area contributed by atoms with Gasteiger partial charge in [-0.3, -0.25) is 4.90 Å². The minimum Gasteiger partial charge on any atom is -0.395 e. The number of nitrogens with zero attached hydrogens (tertiary/aromatic N) is 1. The van der Waals surface area contributed by atoms with Crippen molar-refractivity contribution >= 4 is 0 Å². The number of methoxy groups -OCH3 is 1. The third-order valence-electron chi connectivity index (χ3n) is 3.25. The van der Waals surface area contributed by atoms with E-state index >= 15 is 0 Å². The highest BCUT2D eigenvalue weighted by Crippen LogP contribution is 2.22. The fourth-order valence-electron chi connectivity index (χ4n) is 2.14. The third kappa shape index (κ3) is 5.70. The van der Waals surface area contributed by atoms with Crippen molar-refractivity contribution < 1.29 is 14.9 Å². The number of ether oxygens (including phenoxy) is 1. The molecular formula is C15H25NO3. The van der Waals surface area contributed by atoms with Crippen molar-refractivity contribution in [2.75, 3.05) is 40.0 Å². The second-order valence-electron chi connectivity index (χ2n) is 4.85. The van der Waals surface area contributed by atoms with Crippen LogP contribution >= 0.6 is 0 Å². The Morgan fingerprint density at radius 2 is 1.89 bits per heavy atom. The van der Waals surface area contributed by atoms with Crippen molar-refractivity contribution in [1.82, 2.24) is 4.90 Å². The summed E-state index contributed by atoms with van der Waals surface area (Å²) in [7, 11) is 1.67. The van der Waals surface area contributed by atoms with Crippen molar-refractivity contribution in [3.05, 3.63) is 35.9 Å². The van der Waals surface area contributed by atoms with Gasteiger partial charge in [-0.1, -0.05) is 37.3 Å². The lowest BCUT2D eigenvalue weighted by molar-refractivity contribution is 0.0686. The normalized spacial score (nSPS) is 14.6. The van der Waals surface area contributed by atoms with Crippen molar-refractivity contribution in [3.63, 3.8) is 0 Å². The van der Waals surface area contributed by atoms with Crippen LogP contribution in [0.3, 0.4) is 0 Å². The summed E-state index contributed by atoms with van der Waals surface area (Å²) in [6.45, 7) is 4.89. The molecule has 2 atom stereocenters. The van der Waals surface area contributed by atoms with E-state index in [-0.39, 0.29) is 12.5 Å². The molecule has 0 aromatic heterocycles. The predicted octanol–water partition coefficient (Wildman–Crippen LogP) is 1.30. The van der Waals surface area contributed by atoms with Crippen LogP contribution in [-0.4, -0.2) is 55.1 Å². The summed E-state index contributed by atoms with van der Waals surface area (Å²) in [4.78, 5) is 2.11. The van der Waals surface area contributed by atoms with Crippen LogP contribution in [0.1, 0.15) is 18.6 Å². The average Bonchev–Trinajstić information content (AvgIpc) is 2.45. The maximum absolute atomic E-state index is 10.3. The zero-order chi connectivity index (χ0) is 14.1. The highest BCUT2D eigenvalue weighted by atomic mass is 16.5. The molecule has 0 fully saturated rings. The van der Waals surface area contributed by atoms with E-state index in [1.54, 1.807) is 7.11 Å². The van der Waals surface area contributed by atoms with Gasteiger partial charge in [-0.25, -0.2) is 0 Å². The molecule has 0 aliphatic heterocycles. The van der Waals surface area contributed by atoms with Gasteiger partial charge in [0.1, 0.15) is 0 Å². The minimum atomic E-state index is -0.482. The van der Waals surface area contributed by atoms with E-state index in [9.17, 15) is 5.11 Å². The Balaban J connectivity index is 2.53. The molecule has 0 aliphatic rings. The van der Waals surface area contributed by atoms with Crippen LogP contribution in [0.2, 0.25) is 0 Å². The monoisotopic (exact) mass is 267 g/mol. The maximum Gasteiger partial charge on any atom is 0.0827 e. The van der Waals surface area contributed by atoms with Gasteiger partial charge < -0.3 is 14.9 Å². The molecule has 0 saturated heterocycles. The molecule has 4 heteroatoms. The molecule has 0 bridgehead atoms. The molecule has 0 aliphatic carbocycles. The van der Waals surface area contributed by atoms with Gasteiger partial charge in [0.2, 0.25) is 0 Å². The van der Waals surface area contributed by atoms with Crippen LogP contribution < -0.4 is 0 Å². The summed E-state index contributed by atoms with van der Waals surface area (Å²) in [5.41, 5.74) is 0.936. The topological polar surface area (TPSA) is 52.9 Å². The molecule has 0 spiro atoms. The SMILES string of the molecule is COCCN(CCO)CC(C)C(O)c1ccccc1. The van der Waals surface area contributed by atoms with E-state index in [2.05, 4.69) is 4.90 Å². The van der Waals surface area contributed by atoms with Gasteiger partial charge in [-0.15, -0.1) is 0 Å². The van der Waals surface area contributed by atoms with Crippen LogP contribution in [0.5, 0.6) is 0 Å². The van der Waals surface area contributed by atoms with Gasteiger partial charge in [0.15, 0.2) is 0 Å². The molecule has 2 unspecified atom stereocenters. The molecular weight excluding hydrogens is 242 g/mol. The van der Waals surface area contributed by atoms with Gasteiger partial charge in [-0.2, -0.15) is 0 Å². The lowest BCUT2D eigenvalue weighted by Gasteiger charge is -2.27.